The fourth-order valence-electron chi connectivity index (χ4n) is 2.60. The van der Waals surface area contributed by atoms with Crippen molar-refractivity contribution in [2.45, 2.75) is 40.0 Å². The van der Waals surface area contributed by atoms with Crippen molar-refractivity contribution in [2.75, 3.05) is 5.32 Å². The number of ketones is 1. The van der Waals surface area contributed by atoms with Crippen molar-refractivity contribution in [3.63, 3.8) is 0 Å². The Kier molecular flexibility index (Phi) is 6.30. The van der Waals surface area contributed by atoms with Crippen molar-refractivity contribution < 1.29 is 9.59 Å². The number of carbonyl (C=O) groups excluding carboxylic acids is 2. The zero-order valence-electron chi connectivity index (χ0n) is 14.6. The first kappa shape index (κ1) is 17.9. The Morgan fingerprint density at radius 2 is 1.62 bits per heavy atom. The topological polar surface area (TPSA) is 46.2 Å². The third-order valence-electron chi connectivity index (χ3n) is 3.92. The second kappa shape index (κ2) is 8.44. The normalized spacial score (nSPS) is 10.7. The Morgan fingerprint density at radius 3 is 2.25 bits per heavy atom. The highest BCUT2D eigenvalue weighted by atomic mass is 16.2. The lowest BCUT2D eigenvalue weighted by Gasteiger charge is -2.08. The van der Waals surface area contributed by atoms with Gasteiger partial charge in [0.1, 0.15) is 0 Å². The van der Waals surface area contributed by atoms with Crippen LogP contribution in [0, 0.1) is 12.8 Å². The van der Waals surface area contributed by atoms with E-state index < -0.39 is 0 Å². The number of rotatable bonds is 7. The van der Waals surface area contributed by atoms with E-state index in [1.54, 1.807) is 0 Å². The van der Waals surface area contributed by atoms with E-state index in [1.165, 1.54) is 5.56 Å². The van der Waals surface area contributed by atoms with Crippen LogP contribution in [0.5, 0.6) is 0 Å². The molecule has 0 saturated heterocycles. The lowest BCUT2D eigenvalue weighted by atomic mass is 9.99. The number of amides is 1. The van der Waals surface area contributed by atoms with E-state index in [9.17, 15) is 9.59 Å². The van der Waals surface area contributed by atoms with Gasteiger partial charge in [0.05, 0.1) is 0 Å². The van der Waals surface area contributed by atoms with Gasteiger partial charge < -0.3 is 5.32 Å². The lowest BCUT2D eigenvalue weighted by molar-refractivity contribution is -0.116. The molecule has 24 heavy (non-hydrogen) atoms. The molecule has 126 valence electrons. The first-order chi connectivity index (χ1) is 11.5. The SMILES string of the molecule is Cc1ccccc1NC(=O)CCC(=O)c1ccc(CC(C)C)cc1. The molecule has 0 aromatic heterocycles. The van der Waals surface area contributed by atoms with Crippen LogP contribution in [0.1, 0.15) is 48.2 Å². The van der Waals surface area contributed by atoms with Crippen LogP contribution < -0.4 is 5.32 Å². The van der Waals surface area contributed by atoms with Crippen molar-refractivity contribution in [3.05, 3.63) is 65.2 Å². The summed E-state index contributed by atoms with van der Waals surface area (Å²) < 4.78 is 0. The number of carbonyl (C=O) groups is 2. The number of Topliss-reactive ketones (excluding diaryl/α,β-unsaturated/α-hetero) is 1. The van der Waals surface area contributed by atoms with E-state index in [0.717, 1.165) is 17.7 Å². The van der Waals surface area contributed by atoms with Gasteiger partial charge in [0.2, 0.25) is 5.91 Å². The Bertz CT molecular complexity index is 702. The number of aryl methyl sites for hydroxylation is 1. The van der Waals surface area contributed by atoms with Gasteiger partial charge >= 0.3 is 0 Å². The van der Waals surface area contributed by atoms with Crippen molar-refractivity contribution in [3.8, 4) is 0 Å². The predicted octanol–water partition coefficient (Wildman–Crippen LogP) is 4.80. The number of hydrogen-bond donors (Lipinski definition) is 1. The summed E-state index contributed by atoms with van der Waals surface area (Å²) in [6.45, 7) is 6.29. The van der Waals surface area contributed by atoms with E-state index in [-0.39, 0.29) is 24.5 Å². The molecule has 0 radical (unpaired) electrons. The molecule has 2 aromatic rings. The minimum Gasteiger partial charge on any atom is -0.326 e. The van der Waals surface area contributed by atoms with Crippen molar-refractivity contribution in [1.82, 2.24) is 0 Å². The molecule has 0 spiro atoms. The highest BCUT2D eigenvalue weighted by molar-refractivity contribution is 6.00. The number of para-hydroxylation sites is 1. The molecular weight excluding hydrogens is 298 g/mol. The second-order valence-corrected chi connectivity index (χ2v) is 6.58. The average molecular weight is 323 g/mol. The molecule has 1 N–H and O–H groups in total. The summed E-state index contributed by atoms with van der Waals surface area (Å²) in [4.78, 5) is 24.2. The highest BCUT2D eigenvalue weighted by Crippen LogP contribution is 2.15. The van der Waals surface area contributed by atoms with Gasteiger partial charge in [-0.05, 0) is 36.5 Å². The van der Waals surface area contributed by atoms with E-state index in [2.05, 4.69) is 19.2 Å². The molecule has 0 unspecified atom stereocenters. The van der Waals surface area contributed by atoms with Gasteiger partial charge in [-0.3, -0.25) is 9.59 Å². The van der Waals surface area contributed by atoms with Crippen LogP contribution in [0.2, 0.25) is 0 Å². The largest absolute Gasteiger partial charge is 0.326 e. The Balaban J connectivity index is 1.86. The second-order valence-electron chi connectivity index (χ2n) is 6.58. The molecule has 2 rings (SSSR count). The molecule has 1 amide bonds. The van der Waals surface area contributed by atoms with Crippen LogP contribution in [0.15, 0.2) is 48.5 Å². The third-order valence-corrected chi connectivity index (χ3v) is 3.92. The molecule has 3 heteroatoms. The molecule has 0 aliphatic carbocycles. The third kappa shape index (κ3) is 5.34. The number of hydrogen-bond acceptors (Lipinski definition) is 2. The molecule has 0 aliphatic rings. The van der Waals surface area contributed by atoms with Gasteiger partial charge in [0.25, 0.3) is 0 Å². The highest BCUT2D eigenvalue weighted by Gasteiger charge is 2.10. The summed E-state index contributed by atoms with van der Waals surface area (Å²) in [5.41, 5.74) is 3.72. The van der Waals surface area contributed by atoms with Gasteiger partial charge in [-0.25, -0.2) is 0 Å². The fraction of sp³-hybridized carbons (Fsp3) is 0.333. The zero-order chi connectivity index (χ0) is 17.5. The number of benzene rings is 2. The van der Waals surface area contributed by atoms with Gasteiger partial charge in [-0.15, -0.1) is 0 Å². The summed E-state index contributed by atoms with van der Waals surface area (Å²) in [6.07, 6.45) is 1.43. The maximum Gasteiger partial charge on any atom is 0.224 e. The van der Waals surface area contributed by atoms with Crippen LogP contribution in [0.4, 0.5) is 5.69 Å². The predicted molar refractivity (Wildman–Crippen MR) is 98.4 cm³/mol. The molecular formula is C21H25NO2. The quantitative estimate of drug-likeness (QED) is 0.744. The fourth-order valence-corrected chi connectivity index (χ4v) is 2.60. The van der Waals surface area contributed by atoms with E-state index in [1.807, 2.05) is 55.5 Å². The van der Waals surface area contributed by atoms with Gasteiger partial charge in [0, 0.05) is 24.1 Å². The smallest absolute Gasteiger partial charge is 0.224 e. The Hall–Kier alpha value is -2.42. The summed E-state index contributed by atoms with van der Waals surface area (Å²) >= 11 is 0. The molecule has 0 atom stereocenters. The van der Waals surface area contributed by atoms with Crippen molar-refractivity contribution >= 4 is 17.4 Å². The van der Waals surface area contributed by atoms with Crippen LogP contribution in [-0.4, -0.2) is 11.7 Å². The Labute approximate surface area is 144 Å². The van der Waals surface area contributed by atoms with Crippen LogP contribution in [0.3, 0.4) is 0 Å². The number of nitrogens with one attached hydrogen (secondary N) is 1. The monoisotopic (exact) mass is 323 g/mol. The number of anilines is 1. The van der Waals surface area contributed by atoms with Crippen molar-refractivity contribution in [1.29, 1.82) is 0 Å². The minimum atomic E-state index is -0.130. The maximum absolute atomic E-state index is 12.2. The summed E-state index contributed by atoms with van der Waals surface area (Å²) in [5.74, 6) is 0.469. The first-order valence-corrected chi connectivity index (χ1v) is 8.43. The zero-order valence-corrected chi connectivity index (χ0v) is 14.6. The van der Waals surface area contributed by atoms with E-state index in [4.69, 9.17) is 0 Å². The molecule has 0 heterocycles. The van der Waals surface area contributed by atoms with Gasteiger partial charge in [-0.2, -0.15) is 0 Å². The van der Waals surface area contributed by atoms with Crippen LogP contribution >= 0.6 is 0 Å². The minimum absolute atomic E-state index is 0.00558. The standard InChI is InChI=1S/C21H25NO2/c1-15(2)14-17-8-10-18(11-9-17)20(23)12-13-21(24)22-19-7-5-4-6-16(19)3/h4-11,15H,12-14H2,1-3H3,(H,22,24). The van der Waals surface area contributed by atoms with Crippen LogP contribution in [0.25, 0.3) is 0 Å². The summed E-state index contributed by atoms with van der Waals surface area (Å²) in [5, 5.41) is 2.86. The average Bonchev–Trinajstić information content (AvgIpc) is 2.55. The molecule has 0 saturated carbocycles. The van der Waals surface area contributed by atoms with E-state index >= 15 is 0 Å². The van der Waals surface area contributed by atoms with E-state index in [0.29, 0.717) is 11.5 Å². The summed E-state index contributed by atoms with van der Waals surface area (Å²) in [6, 6.07) is 15.3. The lowest BCUT2D eigenvalue weighted by Crippen LogP contribution is -2.14. The molecule has 0 bridgehead atoms. The van der Waals surface area contributed by atoms with Gasteiger partial charge in [0.15, 0.2) is 5.78 Å². The van der Waals surface area contributed by atoms with Crippen LogP contribution in [-0.2, 0) is 11.2 Å². The molecule has 0 aliphatic heterocycles. The Morgan fingerprint density at radius 1 is 0.958 bits per heavy atom. The molecule has 3 nitrogen and oxygen atoms in total. The first-order valence-electron chi connectivity index (χ1n) is 8.43. The van der Waals surface area contributed by atoms with Gasteiger partial charge in [-0.1, -0.05) is 56.3 Å². The maximum atomic E-state index is 12.2. The summed E-state index contributed by atoms with van der Waals surface area (Å²) in [7, 11) is 0. The molecule has 0 fully saturated rings. The van der Waals surface area contributed by atoms with Crippen molar-refractivity contribution in [2.24, 2.45) is 5.92 Å². The molecule has 2 aromatic carbocycles.